The van der Waals surface area contributed by atoms with E-state index >= 15 is 0 Å². The zero-order chi connectivity index (χ0) is 18.8. The van der Waals surface area contributed by atoms with Gasteiger partial charge in [0.05, 0.1) is 11.2 Å². The number of halogens is 1. The third kappa shape index (κ3) is 3.81. The zero-order valence-electron chi connectivity index (χ0n) is 15.2. The number of carbonyl (C=O) groups excluding carboxylic acids is 1. The van der Waals surface area contributed by atoms with Crippen LogP contribution in [0.5, 0.6) is 0 Å². The predicted molar refractivity (Wildman–Crippen MR) is 111 cm³/mol. The first-order valence-corrected chi connectivity index (χ1v) is 9.92. The highest BCUT2D eigenvalue weighted by Crippen LogP contribution is 2.26. The third-order valence-corrected chi connectivity index (χ3v) is 5.35. The Hall–Kier alpha value is -2.47. The number of aromatic nitrogens is 2. The normalized spacial score (nSPS) is 15.0. The molecule has 0 aliphatic carbocycles. The van der Waals surface area contributed by atoms with Gasteiger partial charge in [0.25, 0.3) is 5.91 Å². The van der Waals surface area contributed by atoms with E-state index in [-0.39, 0.29) is 5.91 Å². The van der Waals surface area contributed by atoms with Crippen LogP contribution in [0.3, 0.4) is 0 Å². The first-order chi connectivity index (χ1) is 13.1. The van der Waals surface area contributed by atoms with Gasteiger partial charge in [-0.3, -0.25) is 14.8 Å². The monoisotopic (exact) mass is 424 g/mol. The summed E-state index contributed by atoms with van der Waals surface area (Å²) in [5, 5.41) is 0. The number of aryl methyl sites for hydroxylation is 1. The topological polar surface area (TPSA) is 49.3 Å². The molecule has 3 heterocycles. The van der Waals surface area contributed by atoms with E-state index in [9.17, 15) is 4.79 Å². The SMILES string of the molecule is Cc1cccc(C(=O)N2CCCN(c3ccnc4cc(Br)cnc34)CC2)c1. The molecule has 2 aromatic heterocycles. The maximum Gasteiger partial charge on any atom is 0.253 e. The van der Waals surface area contributed by atoms with E-state index in [0.717, 1.165) is 58.4 Å². The molecular weight excluding hydrogens is 404 g/mol. The van der Waals surface area contributed by atoms with Crippen LogP contribution < -0.4 is 4.90 Å². The molecule has 1 aromatic carbocycles. The summed E-state index contributed by atoms with van der Waals surface area (Å²) >= 11 is 3.46. The lowest BCUT2D eigenvalue weighted by Crippen LogP contribution is -2.35. The molecular formula is C21H21BrN4O. The highest BCUT2D eigenvalue weighted by atomic mass is 79.9. The Labute approximate surface area is 167 Å². The fourth-order valence-corrected chi connectivity index (χ4v) is 3.89. The van der Waals surface area contributed by atoms with Gasteiger partial charge in [-0.2, -0.15) is 0 Å². The standard InChI is InChI=1S/C21H21BrN4O/c1-15-4-2-5-16(12-15)21(27)26-9-3-8-25(10-11-26)19-6-7-23-18-13-17(22)14-24-20(18)19/h2,4-7,12-14H,3,8-11H2,1H3. The molecule has 0 spiro atoms. The van der Waals surface area contributed by atoms with E-state index in [4.69, 9.17) is 0 Å². The van der Waals surface area contributed by atoms with Crippen molar-refractivity contribution in [2.45, 2.75) is 13.3 Å². The fraction of sp³-hybridized carbons (Fsp3) is 0.286. The molecule has 27 heavy (non-hydrogen) atoms. The van der Waals surface area contributed by atoms with Gasteiger partial charge < -0.3 is 9.80 Å². The van der Waals surface area contributed by atoms with Gasteiger partial charge in [-0.15, -0.1) is 0 Å². The van der Waals surface area contributed by atoms with Crippen LogP contribution in [0, 0.1) is 6.92 Å². The maximum absolute atomic E-state index is 12.9. The number of amides is 1. The molecule has 6 heteroatoms. The van der Waals surface area contributed by atoms with Gasteiger partial charge in [0.1, 0.15) is 5.52 Å². The number of hydrogen-bond acceptors (Lipinski definition) is 4. The number of pyridine rings is 2. The Morgan fingerprint density at radius 2 is 1.96 bits per heavy atom. The van der Waals surface area contributed by atoms with Crippen LogP contribution in [0.25, 0.3) is 11.0 Å². The summed E-state index contributed by atoms with van der Waals surface area (Å²) in [7, 11) is 0. The van der Waals surface area contributed by atoms with Crippen molar-refractivity contribution >= 4 is 38.6 Å². The van der Waals surface area contributed by atoms with E-state index in [1.165, 1.54) is 0 Å². The Kier molecular flexibility index (Phi) is 5.07. The van der Waals surface area contributed by atoms with Crippen molar-refractivity contribution in [3.8, 4) is 0 Å². The Balaban J connectivity index is 1.55. The van der Waals surface area contributed by atoms with Crippen LogP contribution in [-0.4, -0.2) is 47.0 Å². The number of nitrogens with zero attached hydrogens (tertiary/aromatic N) is 4. The van der Waals surface area contributed by atoms with Crippen LogP contribution in [0.15, 0.2) is 53.3 Å². The van der Waals surface area contributed by atoms with Gasteiger partial charge in [0.2, 0.25) is 0 Å². The van der Waals surface area contributed by atoms with E-state index in [1.807, 2.05) is 54.4 Å². The molecule has 0 atom stereocenters. The van der Waals surface area contributed by atoms with Crippen molar-refractivity contribution in [3.63, 3.8) is 0 Å². The summed E-state index contributed by atoms with van der Waals surface area (Å²) in [6.07, 6.45) is 4.56. The van der Waals surface area contributed by atoms with Crippen LogP contribution >= 0.6 is 15.9 Å². The number of benzene rings is 1. The first-order valence-electron chi connectivity index (χ1n) is 9.13. The summed E-state index contributed by atoms with van der Waals surface area (Å²) in [6.45, 7) is 5.17. The minimum Gasteiger partial charge on any atom is -0.368 e. The molecule has 1 aliphatic heterocycles. The Morgan fingerprint density at radius 3 is 2.81 bits per heavy atom. The lowest BCUT2D eigenvalue weighted by molar-refractivity contribution is 0.0767. The fourth-order valence-electron chi connectivity index (χ4n) is 3.57. The van der Waals surface area contributed by atoms with Gasteiger partial charge in [0.15, 0.2) is 0 Å². The second kappa shape index (κ2) is 7.64. The van der Waals surface area contributed by atoms with Crippen LogP contribution in [0.4, 0.5) is 5.69 Å². The predicted octanol–water partition coefficient (Wildman–Crippen LogP) is 4.05. The molecule has 5 nitrogen and oxygen atoms in total. The molecule has 1 amide bonds. The van der Waals surface area contributed by atoms with Crippen molar-refractivity contribution in [2.75, 3.05) is 31.1 Å². The van der Waals surface area contributed by atoms with E-state index in [0.29, 0.717) is 6.54 Å². The number of rotatable bonds is 2. The zero-order valence-corrected chi connectivity index (χ0v) is 16.8. The number of hydrogen-bond donors (Lipinski definition) is 0. The van der Waals surface area contributed by atoms with Crippen molar-refractivity contribution in [2.24, 2.45) is 0 Å². The van der Waals surface area contributed by atoms with Gasteiger partial charge in [0, 0.05) is 48.6 Å². The molecule has 1 fully saturated rings. The van der Waals surface area contributed by atoms with Gasteiger partial charge in [-0.05, 0) is 53.5 Å². The quantitative estimate of drug-likeness (QED) is 0.622. The average Bonchev–Trinajstić information content (AvgIpc) is 2.93. The van der Waals surface area contributed by atoms with Crippen molar-refractivity contribution < 1.29 is 4.79 Å². The van der Waals surface area contributed by atoms with Gasteiger partial charge >= 0.3 is 0 Å². The smallest absolute Gasteiger partial charge is 0.253 e. The summed E-state index contributed by atoms with van der Waals surface area (Å²) in [6, 6.07) is 11.8. The van der Waals surface area contributed by atoms with E-state index in [2.05, 4.69) is 30.8 Å². The lowest BCUT2D eigenvalue weighted by atomic mass is 10.1. The molecule has 0 saturated carbocycles. The average molecular weight is 425 g/mol. The molecule has 4 rings (SSSR count). The highest BCUT2D eigenvalue weighted by Gasteiger charge is 2.21. The summed E-state index contributed by atoms with van der Waals surface area (Å²) in [5.74, 6) is 0.113. The number of fused-ring (bicyclic) bond motifs is 1. The second-order valence-electron chi connectivity index (χ2n) is 6.85. The van der Waals surface area contributed by atoms with Gasteiger partial charge in [-0.25, -0.2) is 0 Å². The minimum absolute atomic E-state index is 0.113. The summed E-state index contributed by atoms with van der Waals surface area (Å²) in [5.41, 5.74) is 4.73. The largest absolute Gasteiger partial charge is 0.368 e. The third-order valence-electron chi connectivity index (χ3n) is 4.91. The van der Waals surface area contributed by atoms with E-state index < -0.39 is 0 Å². The van der Waals surface area contributed by atoms with Crippen LogP contribution in [-0.2, 0) is 0 Å². The van der Waals surface area contributed by atoms with Crippen LogP contribution in [0.1, 0.15) is 22.3 Å². The minimum atomic E-state index is 0.113. The molecule has 0 bridgehead atoms. The molecule has 0 radical (unpaired) electrons. The molecule has 0 unspecified atom stereocenters. The molecule has 1 aliphatic rings. The Morgan fingerprint density at radius 1 is 1.07 bits per heavy atom. The number of carbonyl (C=O) groups is 1. The summed E-state index contributed by atoms with van der Waals surface area (Å²) in [4.78, 5) is 26.1. The summed E-state index contributed by atoms with van der Waals surface area (Å²) < 4.78 is 0.922. The van der Waals surface area contributed by atoms with Crippen LogP contribution in [0.2, 0.25) is 0 Å². The lowest BCUT2D eigenvalue weighted by Gasteiger charge is -2.24. The molecule has 3 aromatic rings. The first kappa shape index (κ1) is 17.9. The highest BCUT2D eigenvalue weighted by molar-refractivity contribution is 9.10. The van der Waals surface area contributed by atoms with Crippen molar-refractivity contribution in [1.82, 2.24) is 14.9 Å². The molecule has 0 N–H and O–H groups in total. The Bertz CT molecular complexity index is 991. The maximum atomic E-state index is 12.9. The van der Waals surface area contributed by atoms with E-state index in [1.54, 1.807) is 6.20 Å². The number of anilines is 1. The van der Waals surface area contributed by atoms with Crippen molar-refractivity contribution in [3.05, 3.63) is 64.4 Å². The van der Waals surface area contributed by atoms with Crippen molar-refractivity contribution in [1.29, 1.82) is 0 Å². The molecule has 138 valence electrons. The molecule has 1 saturated heterocycles. The van der Waals surface area contributed by atoms with Gasteiger partial charge in [-0.1, -0.05) is 17.7 Å². The second-order valence-corrected chi connectivity index (χ2v) is 7.77.